The first-order valence-corrected chi connectivity index (χ1v) is 12.4. The Morgan fingerprint density at radius 1 is 0.972 bits per heavy atom. The summed E-state index contributed by atoms with van der Waals surface area (Å²) >= 11 is 0. The molecule has 3 aromatic rings. The molecular formula is C30H32N4O2. The lowest BCUT2D eigenvalue weighted by Gasteiger charge is -2.20. The van der Waals surface area contributed by atoms with E-state index >= 15 is 0 Å². The monoisotopic (exact) mass is 480 g/mol. The number of benzene rings is 3. The van der Waals surface area contributed by atoms with Crippen molar-refractivity contribution in [2.75, 3.05) is 37.8 Å². The van der Waals surface area contributed by atoms with Gasteiger partial charge in [-0.15, -0.1) is 0 Å². The SMILES string of the molecule is C/C(Nc1ccc(CN2CCc3ccccc3CC2)cc1)=C1/C(=O)Nc2ccc(C(=O)N(C)C)cc21. The molecule has 0 aromatic heterocycles. The van der Waals surface area contributed by atoms with Crippen LogP contribution in [0.1, 0.15) is 39.5 Å². The summed E-state index contributed by atoms with van der Waals surface area (Å²) in [7, 11) is 3.44. The smallest absolute Gasteiger partial charge is 0.258 e. The number of amides is 2. The molecule has 2 heterocycles. The third-order valence-electron chi connectivity index (χ3n) is 7.00. The molecule has 0 unspecified atom stereocenters. The van der Waals surface area contributed by atoms with E-state index in [4.69, 9.17) is 0 Å². The number of anilines is 2. The molecule has 0 radical (unpaired) electrons. The van der Waals surface area contributed by atoms with Crippen molar-refractivity contribution in [3.63, 3.8) is 0 Å². The zero-order chi connectivity index (χ0) is 25.2. The maximum absolute atomic E-state index is 12.8. The molecule has 36 heavy (non-hydrogen) atoms. The van der Waals surface area contributed by atoms with Crippen LogP contribution in [0.15, 0.2) is 72.4 Å². The molecule has 0 spiro atoms. The zero-order valence-corrected chi connectivity index (χ0v) is 21.1. The number of rotatable bonds is 5. The summed E-state index contributed by atoms with van der Waals surface area (Å²) in [5.41, 5.74) is 8.48. The molecule has 3 aromatic carbocycles. The van der Waals surface area contributed by atoms with Crippen LogP contribution in [0.4, 0.5) is 11.4 Å². The Labute approximate surface area is 212 Å². The molecule has 0 saturated carbocycles. The Hall–Kier alpha value is -3.90. The summed E-state index contributed by atoms with van der Waals surface area (Å²) in [4.78, 5) is 29.2. The van der Waals surface area contributed by atoms with Crippen molar-refractivity contribution < 1.29 is 9.59 Å². The van der Waals surface area contributed by atoms with E-state index in [0.29, 0.717) is 11.1 Å². The first-order chi connectivity index (χ1) is 17.4. The first-order valence-electron chi connectivity index (χ1n) is 12.4. The summed E-state index contributed by atoms with van der Waals surface area (Å²) in [5.74, 6) is -0.255. The van der Waals surface area contributed by atoms with E-state index in [2.05, 4.69) is 64.1 Å². The fourth-order valence-electron chi connectivity index (χ4n) is 5.03. The second-order valence-electron chi connectivity index (χ2n) is 9.78. The van der Waals surface area contributed by atoms with Gasteiger partial charge in [-0.3, -0.25) is 14.5 Å². The average Bonchev–Trinajstić information content (AvgIpc) is 3.07. The molecule has 2 amide bonds. The highest BCUT2D eigenvalue weighted by Crippen LogP contribution is 2.35. The van der Waals surface area contributed by atoms with Crippen LogP contribution in [0.25, 0.3) is 5.57 Å². The van der Waals surface area contributed by atoms with Crippen molar-refractivity contribution in [2.45, 2.75) is 26.3 Å². The second-order valence-corrected chi connectivity index (χ2v) is 9.78. The minimum atomic E-state index is -0.164. The second kappa shape index (κ2) is 9.99. The quantitative estimate of drug-likeness (QED) is 0.516. The lowest BCUT2D eigenvalue weighted by Crippen LogP contribution is -2.25. The minimum Gasteiger partial charge on any atom is -0.358 e. The van der Waals surface area contributed by atoms with Gasteiger partial charge >= 0.3 is 0 Å². The topological polar surface area (TPSA) is 64.7 Å². The molecule has 184 valence electrons. The summed E-state index contributed by atoms with van der Waals surface area (Å²) in [5, 5.41) is 6.30. The Bertz CT molecular complexity index is 1310. The highest BCUT2D eigenvalue weighted by molar-refractivity contribution is 6.32. The van der Waals surface area contributed by atoms with E-state index in [0.717, 1.165) is 55.1 Å². The summed E-state index contributed by atoms with van der Waals surface area (Å²) in [6.45, 7) is 4.95. The Morgan fingerprint density at radius 2 is 1.64 bits per heavy atom. The summed E-state index contributed by atoms with van der Waals surface area (Å²) in [6.07, 6.45) is 2.18. The van der Waals surface area contributed by atoms with Crippen molar-refractivity contribution >= 4 is 28.8 Å². The van der Waals surface area contributed by atoms with Crippen molar-refractivity contribution in [2.24, 2.45) is 0 Å². The Balaban J connectivity index is 1.28. The van der Waals surface area contributed by atoms with Gasteiger partial charge in [0, 0.05) is 61.9 Å². The number of hydrogen-bond donors (Lipinski definition) is 2. The van der Waals surface area contributed by atoms with E-state index in [1.165, 1.54) is 21.6 Å². The number of fused-ring (bicyclic) bond motifs is 2. The molecule has 6 heteroatoms. The maximum Gasteiger partial charge on any atom is 0.258 e. The van der Waals surface area contributed by atoms with Gasteiger partial charge in [0.2, 0.25) is 0 Å². The van der Waals surface area contributed by atoms with Crippen LogP contribution in [-0.2, 0) is 24.2 Å². The van der Waals surface area contributed by atoms with E-state index in [1.807, 2.05) is 6.92 Å². The van der Waals surface area contributed by atoms with Gasteiger partial charge in [-0.25, -0.2) is 0 Å². The van der Waals surface area contributed by atoms with Gasteiger partial charge in [0.05, 0.1) is 5.57 Å². The third kappa shape index (κ3) is 4.90. The van der Waals surface area contributed by atoms with Gasteiger partial charge in [0.15, 0.2) is 0 Å². The van der Waals surface area contributed by atoms with E-state index in [9.17, 15) is 9.59 Å². The Kier molecular flexibility index (Phi) is 6.61. The van der Waals surface area contributed by atoms with Gasteiger partial charge in [-0.2, -0.15) is 0 Å². The molecule has 0 bridgehead atoms. The lowest BCUT2D eigenvalue weighted by atomic mass is 10.0. The van der Waals surface area contributed by atoms with Gasteiger partial charge in [-0.1, -0.05) is 36.4 Å². The molecule has 0 aliphatic carbocycles. The predicted octanol–water partition coefficient (Wildman–Crippen LogP) is 4.78. The largest absolute Gasteiger partial charge is 0.358 e. The van der Waals surface area contributed by atoms with Crippen LogP contribution in [0, 0.1) is 0 Å². The lowest BCUT2D eigenvalue weighted by molar-refractivity contribution is -0.110. The Morgan fingerprint density at radius 3 is 2.28 bits per heavy atom. The molecule has 0 atom stereocenters. The van der Waals surface area contributed by atoms with Crippen LogP contribution in [0.5, 0.6) is 0 Å². The highest BCUT2D eigenvalue weighted by Gasteiger charge is 2.27. The predicted molar refractivity (Wildman–Crippen MR) is 145 cm³/mol. The summed E-state index contributed by atoms with van der Waals surface area (Å²) < 4.78 is 0. The van der Waals surface area contributed by atoms with Crippen molar-refractivity contribution in [1.82, 2.24) is 9.80 Å². The number of allylic oxidation sites excluding steroid dienone is 1. The molecule has 6 nitrogen and oxygen atoms in total. The van der Waals surface area contributed by atoms with Gasteiger partial charge < -0.3 is 15.5 Å². The van der Waals surface area contributed by atoms with Crippen LogP contribution in [0.3, 0.4) is 0 Å². The van der Waals surface area contributed by atoms with Crippen molar-refractivity contribution in [3.8, 4) is 0 Å². The standard InChI is InChI=1S/C30H32N4O2/c1-20(28-26-18-24(30(36)33(2)3)10-13-27(26)32-29(28)35)31-25-11-8-21(9-12-25)19-34-16-14-22-6-4-5-7-23(22)15-17-34/h4-13,18,31H,14-17,19H2,1-3H3,(H,32,35)/b28-20-. The number of nitrogens with zero attached hydrogens (tertiary/aromatic N) is 2. The van der Waals surface area contributed by atoms with E-state index < -0.39 is 0 Å². The molecule has 2 N–H and O–H groups in total. The number of hydrogen-bond acceptors (Lipinski definition) is 4. The molecule has 2 aliphatic rings. The van der Waals surface area contributed by atoms with E-state index in [-0.39, 0.29) is 11.8 Å². The summed E-state index contributed by atoms with van der Waals surface area (Å²) in [6, 6.07) is 22.5. The molecule has 2 aliphatic heterocycles. The van der Waals surface area contributed by atoms with Crippen molar-refractivity contribution in [1.29, 1.82) is 0 Å². The average molecular weight is 481 g/mol. The number of carbonyl (C=O) groups is 2. The maximum atomic E-state index is 12.8. The molecule has 5 rings (SSSR count). The van der Waals surface area contributed by atoms with Crippen LogP contribution in [-0.4, -0.2) is 48.8 Å². The number of nitrogens with one attached hydrogen (secondary N) is 2. The van der Waals surface area contributed by atoms with Crippen LogP contribution < -0.4 is 10.6 Å². The van der Waals surface area contributed by atoms with Gasteiger partial charge in [0.25, 0.3) is 11.8 Å². The highest BCUT2D eigenvalue weighted by atomic mass is 16.2. The van der Waals surface area contributed by atoms with Crippen LogP contribution in [0.2, 0.25) is 0 Å². The third-order valence-corrected chi connectivity index (χ3v) is 7.00. The fraction of sp³-hybridized carbons (Fsp3) is 0.267. The molecule has 0 fully saturated rings. The molecular weight excluding hydrogens is 448 g/mol. The number of carbonyl (C=O) groups excluding carboxylic acids is 2. The molecule has 0 saturated heterocycles. The van der Waals surface area contributed by atoms with E-state index in [1.54, 1.807) is 32.3 Å². The first kappa shape index (κ1) is 23.8. The fourth-order valence-corrected chi connectivity index (χ4v) is 5.03. The van der Waals surface area contributed by atoms with Crippen molar-refractivity contribution in [3.05, 3.63) is 100 Å². The zero-order valence-electron chi connectivity index (χ0n) is 21.1. The van der Waals surface area contributed by atoms with Crippen LogP contribution >= 0.6 is 0 Å². The minimum absolute atomic E-state index is 0.0917. The van der Waals surface area contributed by atoms with Gasteiger partial charge in [0.1, 0.15) is 0 Å². The van der Waals surface area contributed by atoms with Gasteiger partial charge in [-0.05, 0) is 66.8 Å². The normalized spacial score (nSPS) is 16.5.